The zero-order valence-electron chi connectivity index (χ0n) is 14.7. The first kappa shape index (κ1) is 17.8. The lowest BCUT2D eigenvalue weighted by Gasteiger charge is -2.16. The number of benzene rings is 1. The first-order valence-electron chi connectivity index (χ1n) is 8.68. The number of rotatable bonds is 5. The van der Waals surface area contributed by atoms with E-state index in [2.05, 4.69) is 26.3 Å². The van der Waals surface area contributed by atoms with E-state index in [0.717, 1.165) is 5.56 Å². The van der Waals surface area contributed by atoms with E-state index in [-0.39, 0.29) is 6.61 Å². The van der Waals surface area contributed by atoms with Gasteiger partial charge in [-0.1, -0.05) is 29.8 Å². The molecule has 1 aliphatic heterocycles. The minimum Gasteiger partial charge on any atom is -0.394 e. The van der Waals surface area contributed by atoms with Crippen LogP contribution in [-0.4, -0.2) is 59.8 Å². The highest BCUT2D eigenvalue weighted by Crippen LogP contribution is 2.31. The van der Waals surface area contributed by atoms with Gasteiger partial charge in [-0.2, -0.15) is 4.98 Å². The van der Waals surface area contributed by atoms with Gasteiger partial charge in [-0.15, -0.1) is 0 Å². The Labute approximate surface area is 155 Å². The van der Waals surface area contributed by atoms with Crippen LogP contribution in [-0.2, 0) is 11.3 Å². The van der Waals surface area contributed by atoms with E-state index in [0.29, 0.717) is 23.7 Å². The molecule has 1 aliphatic rings. The number of nitrogens with zero attached hydrogens (tertiary/aromatic N) is 4. The zero-order valence-corrected chi connectivity index (χ0v) is 14.7. The van der Waals surface area contributed by atoms with Crippen molar-refractivity contribution in [1.29, 1.82) is 0 Å². The lowest BCUT2D eigenvalue weighted by atomic mass is 10.1. The van der Waals surface area contributed by atoms with Crippen molar-refractivity contribution in [2.75, 3.05) is 11.9 Å². The Balaban J connectivity index is 1.58. The second-order valence-electron chi connectivity index (χ2n) is 6.63. The van der Waals surface area contributed by atoms with Crippen molar-refractivity contribution in [2.45, 2.75) is 38.0 Å². The molecule has 1 aromatic carbocycles. The smallest absolute Gasteiger partial charge is 0.225 e. The van der Waals surface area contributed by atoms with Crippen molar-refractivity contribution in [3.8, 4) is 0 Å². The molecule has 3 heterocycles. The summed E-state index contributed by atoms with van der Waals surface area (Å²) in [5.41, 5.74) is 3.28. The van der Waals surface area contributed by atoms with Gasteiger partial charge in [-0.05, 0) is 12.5 Å². The average Bonchev–Trinajstić information content (AvgIpc) is 3.21. The Morgan fingerprint density at radius 3 is 2.81 bits per heavy atom. The fraction of sp³-hybridized carbons (Fsp3) is 0.389. The normalized spacial score (nSPS) is 25.2. The van der Waals surface area contributed by atoms with Gasteiger partial charge in [-0.25, -0.2) is 9.97 Å². The summed E-state index contributed by atoms with van der Waals surface area (Å²) in [5.74, 6) is 0.414. The van der Waals surface area contributed by atoms with Crippen molar-refractivity contribution >= 4 is 17.1 Å². The van der Waals surface area contributed by atoms with Crippen LogP contribution in [0.5, 0.6) is 0 Å². The standard InChI is InChI=1S/C18H21N5O4/c1-10-3-2-4-11(5-10)6-19-18-20-7-12-16(22-18)23(9-21-12)17-15(26)14(25)13(8-24)27-17/h2-5,7,9,13-15,17,24-26H,6,8H2,1H3,(H,19,20,22)/t13-,14-,15+,17-/m1/s1. The Bertz CT molecular complexity index is 946. The minimum absolute atomic E-state index is 0.389. The lowest BCUT2D eigenvalue weighted by molar-refractivity contribution is -0.0511. The van der Waals surface area contributed by atoms with Crippen molar-refractivity contribution < 1.29 is 20.1 Å². The summed E-state index contributed by atoms with van der Waals surface area (Å²) in [4.78, 5) is 12.9. The van der Waals surface area contributed by atoms with Crippen molar-refractivity contribution in [1.82, 2.24) is 19.5 Å². The predicted molar refractivity (Wildman–Crippen MR) is 96.8 cm³/mol. The fourth-order valence-corrected chi connectivity index (χ4v) is 3.21. The highest BCUT2D eigenvalue weighted by molar-refractivity contribution is 5.71. The second-order valence-corrected chi connectivity index (χ2v) is 6.63. The number of imidazole rings is 1. The molecule has 2 aromatic heterocycles. The van der Waals surface area contributed by atoms with Crippen LogP contribution >= 0.6 is 0 Å². The number of nitrogens with one attached hydrogen (secondary N) is 1. The molecule has 3 aromatic rings. The van der Waals surface area contributed by atoms with Gasteiger partial charge >= 0.3 is 0 Å². The molecule has 9 heteroatoms. The first-order valence-corrected chi connectivity index (χ1v) is 8.68. The monoisotopic (exact) mass is 371 g/mol. The molecule has 4 atom stereocenters. The van der Waals surface area contributed by atoms with Gasteiger partial charge in [-0.3, -0.25) is 4.57 Å². The van der Waals surface area contributed by atoms with E-state index < -0.39 is 24.5 Å². The van der Waals surface area contributed by atoms with Gasteiger partial charge in [0.2, 0.25) is 5.95 Å². The molecule has 0 radical (unpaired) electrons. The van der Waals surface area contributed by atoms with Crippen LogP contribution in [0.2, 0.25) is 0 Å². The Hall–Kier alpha value is -2.59. The van der Waals surface area contributed by atoms with E-state index in [1.54, 1.807) is 10.8 Å². The molecule has 4 N–H and O–H groups in total. The molecule has 0 aliphatic carbocycles. The van der Waals surface area contributed by atoms with E-state index in [4.69, 9.17) is 4.74 Å². The van der Waals surface area contributed by atoms with Gasteiger partial charge in [0, 0.05) is 6.54 Å². The highest BCUT2D eigenvalue weighted by Gasteiger charge is 2.43. The van der Waals surface area contributed by atoms with E-state index in [1.165, 1.54) is 11.9 Å². The van der Waals surface area contributed by atoms with E-state index in [1.807, 2.05) is 25.1 Å². The number of fused-ring (bicyclic) bond motifs is 1. The van der Waals surface area contributed by atoms with Crippen molar-refractivity contribution in [3.05, 3.63) is 47.9 Å². The van der Waals surface area contributed by atoms with Gasteiger partial charge in [0.15, 0.2) is 11.9 Å². The zero-order chi connectivity index (χ0) is 19.0. The summed E-state index contributed by atoms with van der Waals surface area (Å²) in [6, 6.07) is 8.12. The summed E-state index contributed by atoms with van der Waals surface area (Å²) in [7, 11) is 0. The molecular formula is C18H21N5O4. The number of aromatic nitrogens is 4. The summed E-state index contributed by atoms with van der Waals surface area (Å²) >= 11 is 0. The Morgan fingerprint density at radius 2 is 2.07 bits per heavy atom. The molecule has 0 saturated carbocycles. The van der Waals surface area contributed by atoms with Crippen LogP contribution in [0.1, 0.15) is 17.4 Å². The highest BCUT2D eigenvalue weighted by atomic mass is 16.6. The summed E-state index contributed by atoms with van der Waals surface area (Å²) in [6.45, 7) is 2.21. The molecule has 9 nitrogen and oxygen atoms in total. The molecule has 1 fully saturated rings. The number of anilines is 1. The number of ether oxygens (including phenoxy) is 1. The molecule has 1 saturated heterocycles. The van der Waals surface area contributed by atoms with Crippen LogP contribution < -0.4 is 5.32 Å². The summed E-state index contributed by atoms with van der Waals surface area (Å²) in [6.07, 6.45) is -1.07. The first-order chi connectivity index (χ1) is 13.1. The largest absolute Gasteiger partial charge is 0.394 e. The maximum absolute atomic E-state index is 10.2. The SMILES string of the molecule is Cc1cccc(CNc2ncc3ncn([C@@H]4O[C@H](CO)[C@@H](O)[C@@H]4O)c3n2)c1. The van der Waals surface area contributed by atoms with E-state index in [9.17, 15) is 15.3 Å². The molecule has 0 bridgehead atoms. The number of aliphatic hydroxyl groups excluding tert-OH is 3. The second kappa shape index (κ2) is 7.20. The number of aliphatic hydroxyl groups is 3. The minimum atomic E-state index is -1.20. The van der Waals surface area contributed by atoms with Crippen molar-refractivity contribution in [3.63, 3.8) is 0 Å². The fourth-order valence-electron chi connectivity index (χ4n) is 3.21. The average molecular weight is 371 g/mol. The molecule has 27 heavy (non-hydrogen) atoms. The quantitative estimate of drug-likeness (QED) is 0.507. The number of hydrogen-bond donors (Lipinski definition) is 4. The molecule has 142 valence electrons. The van der Waals surface area contributed by atoms with E-state index >= 15 is 0 Å². The summed E-state index contributed by atoms with van der Waals surface area (Å²) in [5, 5.41) is 32.7. The summed E-state index contributed by atoms with van der Waals surface area (Å²) < 4.78 is 7.10. The lowest BCUT2D eigenvalue weighted by Crippen LogP contribution is -2.33. The molecule has 0 unspecified atom stereocenters. The van der Waals surface area contributed by atoms with Crippen LogP contribution in [0, 0.1) is 6.92 Å². The van der Waals surface area contributed by atoms with Gasteiger partial charge in [0.05, 0.1) is 19.1 Å². The third kappa shape index (κ3) is 3.37. The molecular weight excluding hydrogens is 350 g/mol. The third-order valence-corrected chi connectivity index (χ3v) is 4.64. The molecule has 0 amide bonds. The molecule has 4 rings (SSSR count). The van der Waals surface area contributed by atoms with Crippen LogP contribution in [0.4, 0.5) is 5.95 Å². The van der Waals surface area contributed by atoms with Gasteiger partial charge in [0.1, 0.15) is 23.8 Å². The van der Waals surface area contributed by atoms with Crippen LogP contribution in [0.15, 0.2) is 36.8 Å². The van der Waals surface area contributed by atoms with Gasteiger partial charge < -0.3 is 25.4 Å². The number of aryl methyl sites for hydroxylation is 1. The maximum Gasteiger partial charge on any atom is 0.225 e. The third-order valence-electron chi connectivity index (χ3n) is 4.64. The number of hydrogen-bond acceptors (Lipinski definition) is 8. The Kier molecular flexibility index (Phi) is 4.75. The van der Waals surface area contributed by atoms with Crippen LogP contribution in [0.25, 0.3) is 11.2 Å². The Morgan fingerprint density at radius 1 is 1.22 bits per heavy atom. The topological polar surface area (TPSA) is 126 Å². The van der Waals surface area contributed by atoms with Gasteiger partial charge in [0.25, 0.3) is 0 Å². The van der Waals surface area contributed by atoms with Crippen molar-refractivity contribution in [2.24, 2.45) is 0 Å². The predicted octanol–water partition coefficient (Wildman–Crippen LogP) is 0.358. The van der Waals surface area contributed by atoms with Crippen LogP contribution in [0.3, 0.4) is 0 Å². The maximum atomic E-state index is 10.2. The molecule has 0 spiro atoms.